The van der Waals surface area contributed by atoms with E-state index in [1.54, 1.807) is 12.1 Å². The van der Waals surface area contributed by atoms with Crippen molar-refractivity contribution in [3.8, 4) is 0 Å². The van der Waals surface area contributed by atoms with Gasteiger partial charge in [0.1, 0.15) is 0 Å². The molecular weight excluding hydrogens is 329 g/mol. The lowest BCUT2D eigenvalue weighted by Gasteiger charge is -2.12. The van der Waals surface area contributed by atoms with Crippen LogP contribution in [0.3, 0.4) is 0 Å². The zero-order chi connectivity index (χ0) is 17.0. The number of rotatable bonds is 4. The van der Waals surface area contributed by atoms with Gasteiger partial charge in [0.25, 0.3) is 0 Å². The first-order valence-corrected chi connectivity index (χ1v) is 7.10. The van der Waals surface area contributed by atoms with Gasteiger partial charge in [-0.2, -0.15) is 13.2 Å². The fourth-order valence-corrected chi connectivity index (χ4v) is 2.04. The van der Waals surface area contributed by atoms with Crippen LogP contribution in [0, 0.1) is 6.92 Å². The summed E-state index contributed by atoms with van der Waals surface area (Å²) < 4.78 is 38.0. The second kappa shape index (κ2) is 6.91. The minimum atomic E-state index is -4.47. The van der Waals surface area contributed by atoms with E-state index in [0.29, 0.717) is 5.69 Å². The molecule has 0 saturated carbocycles. The summed E-state index contributed by atoms with van der Waals surface area (Å²) in [4.78, 5) is 11.8. The van der Waals surface area contributed by atoms with Crippen LogP contribution in [-0.2, 0) is 11.0 Å². The molecule has 0 aromatic heterocycles. The van der Waals surface area contributed by atoms with Gasteiger partial charge >= 0.3 is 6.18 Å². The third kappa shape index (κ3) is 4.89. The molecule has 0 unspecified atom stereocenters. The number of alkyl halides is 3. The predicted octanol–water partition coefficient (Wildman–Crippen LogP) is 4.72. The molecule has 0 heterocycles. The van der Waals surface area contributed by atoms with E-state index in [1.165, 1.54) is 0 Å². The number of carbonyl (C=O) groups is 1. The van der Waals surface area contributed by atoms with Gasteiger partial charge in [0.2, 0.25) is 5.91 Å². The smallest absolute Gasteiger partial charge is 0.375 e. The molecule has 0 bridgehead atoms. The molecular formula is C16H14ClF3N2O. The van der Waals surface area contributed by atoms with Crippen molar-refractivity contribution in [1.29, 1.82) is 0 Å². The van der Waals surface area contributed by atoms with Gasteiger partial charge in [-0.05, 0) is 37.3 Å². The van der Waals surface area contributed by atoms with E-state index in [9.17, 15) is 18.0 Å². The van der Waals surface area contributed by atoms with Crippen LogP contribution in [0.4, 0.5) is 24.5 Å². The zero-order valence-electron chi connectivity index (χ0n) is 12.2. The highest BCUT2D eigenvalue weighted by atomic mass is 35.5. The predicted molar refractivity (Wildman–Crippen MR) is 84.8 cm³/mol. The lowest BCUT2D eigenvalue weighted by atomic mass is 10.2. The average Bonchev–Trinajstić information content (AvgIpc) is 2.47. The molecule has 2 aromatic rings. The summed E-state index contributed by atoms with van der Waals surface area (Å²) >= 11 is 5.85. The SMILES string of the molecule is Cc1ccc(NC(=O)CNc2cc(C(F)(F)F)ccc2Cl)cc1. The topological polar surface area (TPSA) is 41.1 Å². The Labute approximate surface area is 136 Å². The summed E-state index contributed by atoms with van der Waals surface area (Å²) in [5.41, 5.74) is 0.887. The molecule has 0 aliphatic carbocycles. The van der Waals surface area contributed by atoms with Crippen molar-refractivity contribution in [2.75, 3.05) is 17.2 Å². The maximum atomic E-state index is 12.7. The number of nitrogens with one attached hydrogen (secondary N) is 2. The van der Waals surface area contributed by atoms with Crippen LogP contribution in [-0.4, -0.2) is 12.5 Å². The first-order valence-electron chi connectivity index (χ1n) is 6.73. The standard InChI is InChI=1S/C16H14ClF3N2O/c1-10-2-5-12(6-3-10)22-15(23)9-21-14-8-11(16(18,19)20)4-7-13(14)17/h2-8,21H,9H2,1H3,(H,22,23). The van der Waals surface area contributed by atoms with E-state index in [-0.39, 0.29) is 23.2 Å². The first-order chi connectivity index (χ1) is 10.8. The molecule has 0 aliphatic rings. The van der Waals surface area contributed by atoms with Gasteiger partial charge in [0.05, 0.1) is 22.8 Å². The van der Waals surface area contributed by atoms with Gasteiger partial charge in [0.15, 0.2) is 0 Å². The Kier molecular flexibility index (Phi) is 5.15. The largest absolute Gasteiger partial charge is 0.416 e. The molecule has 0 saturated heterocycles. The molecule has 0 radical (unpaired) electrons. The minimum Gasteiger partial charge on any atom is -0.375 e. The van der Waals surface area contributed by atoms with Crippen molar-refractivity contribution in [2.45, 2.75) is 13.1 Å². The van der Waals surface area contributed by atoms with Crippen molar-refractivity contribution in [2.24, 2.45) is 0 Å². The maximum absolute atomic E-state index is 12.7. The molecule has 2 aromatic carbocycles. The number of aryl methyl sites for hydroxylation is 1. The molecule has 2 rings (SSSR count). The highest BCUT2D eigenvalue weighted by molar-refractivity contribution is 6.33. The third-order valence-corrected chi connectivity index (χ3v) is 3.40. The quantitative estimate of drug-likeness (QED) is 0.844. The second-order valence-corrected chi connectivity index (χ2v) is 5.37. The molecule has 0 fully saturated rings. The van der Waals surface area contributed by atoms with E-state index in [2.05, 4.69) is 10.6 Å². The normalized spacial score (nSPS) is 11.2. The van der Waals surface area contributed by atoms with E-state index in [1.807, 2.05) is 19.1 Å². The summed E-state index contributed by atoms with van der Waals surface area (Å²) in [6, 6.07) is 10.1. The fourth-order valence-electron chi connectivity index (χ4n) is 1.85. The van der Waals surface area contributed by atoms with Crippen molar-refractivity contribution in [1.82, 2.24) is 0 Å². The average molecular weight is 343 g/mol. The fraction of sp³-hybridized carbons (Fsp3) is 0.188. The Balaban J connectivity index is 2.00. The summed E-state index contributed by atoms with van der Waals surface area (Å²) in [6.45, 7) is 1.72. The Morgan fingerprint density at radius 2 is 1.78 bits per heavy atom. The Morgan fingerprint density at radius 1 is 1.13 bits per heavy atom. The lowest BCUT2D eigenvalue weighted by molar-refractivity contribution is -0.137. The van der Waals surface area contributed by atoms with E-state index in [4.69, 9.17) is 11.6 Å². The maximum Gasteiger partial charge on any atom is 0.416 e. The molecule has 7 heteroatoms. The van der Waals surface area contributed by atoms with E-state index in [0.717, 1.165) is 23.8 Å². The summed E-state index contributed by atoms with van der Waals surface area (Å²) in [6.07, 6.45) is -4.47. The number of carbonyl (C=O) groups excluding carboxylic acids is 1. The van der Waals surface area contributed by atoms with Gasteiger partial charge in [-0.15, -0.1) is 0 Å². The van der Waals surface area contributed by atoms with Crippen molar-refractivity contribution < 1.29 is 18.0 Å². The Hall–Kier alpha value is -2.21. The van der Waals surface area contributed by atoms with Crippen LogP contribution >= 0.6 is 11.6 Å². The number of halogens is 4. The van der Waals surface area contributed by atoms with Crippen LogP contribution in [0.15, 0.2) is 42.5 Å². The van der Waals surface area contributed by atoms with E-state index < -0.39 is 11.7 Å². The number of anilines is 2. The zero-order valence-corrected chi connectivity index (χ0v) is 12.9. The van der Waals surface area contributed by atoms with Gasteiger partial charge in [-0.1, -0.05) is 29.3 Å². The highest BCUT2D eigenvalue weighted by Gasteiger charge is 2.30. The van der Waals surface area contributed by atoms with Crippen LogP contribution in [0.2, 0.25) is 5.02 Å². The molecule has 23 heavy (non-hydrogen) atoms. The summed E-state index contributed by atoms with van der Waals surface area (Å²) in [5, 5.41) is 5.36. The summed E-state index contributed by atoms with van der Waals surface area (Å²) in [5.74, 6) is -0.387. The Bertz CT molecular complexity index is 699. The molecule has 0 spiro atoms. The monoisotopic (exact) mass is 342 g/mol. The first kappa shape index (κ1) is 17.1. The summed E-state index contributed by atoms with van der Waals surface area (Å²) in [7, 11) is 0. The highest BCUT2D eigenvalue weighted by Crippen LogP contribution is 2.33. The molecule has 0 aliphatic heterocycles. The van der Waals surface area contributed by atoms with Gasteiger partial charge in [-0.3, -0.25) is 4.79 Å². The number of benzene rings is 2. The third-order valence-electron chi connectivity index (χ3n) is 3.07. The molecule has 1 amide bonds. The molecule has 122 valence electrons. The minimum absolute atomic E-state index is 0.0561. The number of hydrogen-bond donors (Lipinski definition) is 2. The van der Waals surface area contributed by atoms with Crippen LogP contribution in [0.1, 0.15) is 11.1 Å². The van der Waals surface area contributed by atoms with Gasteiger partial charge in [0, 0.05) is 5.69 Å². The van der Waals surface area contributed by atoms with Crippen molar-refractivity contribution in [3.05, 3.63) is 58.6 Å². The molecule has 3 nitrogen and oxygen atoms in total. The van der Waals surface area contributed by atoms with E-state index >= 15 is 0 Å². The van der Waals surface area contributed by atoms with Crippen molar-refractivity contribution >= 4 is 28.9 Å². The van der Waals surface area contributed by atoms with Crippen LogP contribution in [0.5, 0.6) is 0 Å². The number of amides is 1. The van der Waals surface area contributed by atoms with Gasteiger partial charge in [-0.25, -0.2) is 0 Å². The Morgan fingerprint density at radius 3 is 2.39 bits per heavy atom. The second-order valence-electron chi connectivity index (χ2n) is 4.96. The van der Waals surface area contributed by atoms with Crippen LogP contribution in [0.25, 0.3) is 0 Å². The molecule has 2 N–H and O–H groups in total. The van der Waals surface area contributed by atoms with Crippen LogP contribution < -0.4 is 10.6 Å². The number of hydrogen-bond acceptors (Lipinski definition) is 2. The van der Waals surface area contributed by atoms with Crippen molar-refractivity contribution in [3.63, 3.8) is 0 Å². The molecule has 0 atom stereocenters. The lowest BCUT2D eigenvalue weighted by Crippen LogP contribution is -2.22. The van der Waals surface area contributed by atoms with Gasteiger partial charge < -0.3 is 10.6 Å².